The first-order valence-electron chi connectivity index (χ1n) is 8.30. The third-order valence-corrected chi connectivity index (χ3v) is 4.95. The summed E-state index contributed by atoms with van der Waals surface area (Å²) in [6, 6.07) is 6.80. The zero-order valence-electron chi connectivity index (χ0n) is 14.5. The van der Waals surface area contributed by atoms with E-state index in [1.165, 1.54) is 0 Å². The van der Waals surface area contributed by atoms with Gasteiger partial charge in [-0.25, -0.2) is 4.98 Å². The summed E-state index contributed by atoms with van der Waals surface area (Å²) >= 11 is 3.47. The summed E-state index contributed by atoms with van der Waals surface area (Å²) in [6.07, 6.45) is 1.66. The molecule has 0 unspecified atom stereocenters. The standard InChI is InChI=1S/C18H23BrN4O/c1-11(2)23(12(3)4)8-7-22-10-20-16-14-9-13(19)5-6-15(14)21-17(16)18(22)24/h5-6,9-12,21H,7-8H2,1-4H3. The molecule has 128 valence electrons. The molecule has 0 aliphatic heterocycles. The van der Waals surface area contributed by atoms with Crippen LogP contribution in [0.5, 0.6) is 0 Å². The highest BCUT2D eigenvalue weighted by molar-refractivity contribution is 9.10. The van der Waals surface area contributed by atoms with Gasteiger partial charge in [-0.2, -0.15) is 0 Å². The van der Waals surface area contributed by atoms with Gasteiger partial charge in [-0.15, -0.1) is 0 Å². The van der Waals surface area contributed by atoms with Crippen LogP contribution in [-0.2, 0) is 6.54 Å². The largest absolute Gasteiger partial charge is 0.349 e. The maximum absolute atomic E-state index is 12.8. The lowest BCUT2D eigenvalue weighted by atomic mass is 10.2. The fourth-order valence-corrected chi connectivity index (χ4v) is 3.62. The molecular formula is C18H23BrN4O. The molecule has 0 spiro atoms. The number of nitrogens with one attached hydrogen (secondary N) is 1. The maximum Gasteiger partial charge on any atom is 0.277 e. The van der Waals surface area contributed by atoms with E-state index in [1.807, 2.05) is 18.2 Å². The fraction of sp³-hybridized carbons (Fsp3) is 0.444. The molecule has 0 fully saturated rings. The van der Waals surface area contributed by atoms with Crippen molar-refractivity contribution in [1.82, 2.24) is 19.4 Å². The monoisotopic (exact) mass is 390 g/mol. The molecule has 0 radical (unpaired) electrons. The second kappa shape index (κ2) is 6.69. The maximum atomic E-state index is 12.8. The Morgan fingerprint density at radius 3 is 2.62 bits per heavy atom. The summed E-state index contributed by atoms with van der Waals surface area (Å²) in [4.78, 5) is 22.9. The van der Waals surface area contributed by atoms with E-state index in [4.69, 9.17) is 0 Å². The predicted molar refractivity (Wildman–Crippen MR) is 103 cm³/mol. The molecule has 24 heavy (non-hydrogen) atoms. The fourth-order valence-electron chi connectivity index (χ4n) is 3.26. The van der Waals surface area contributed by atoms with Crippen molar-refractivity contribution >= 4 is 37.9 Å². The number of hydrogen-bond donors (Lipinski definition) is 1. The molecule has 0 saturated carbocycles. The molecular weight excluding hydrogens is 368 g/mol. The Morgan fingerprint density at radius 2 is 1.96 bits per heavy atom. The number of halogens is 1. The van der Waals surface area contributed by atoms with E-state index < -0.39 is 0 Å². The zero-order chi connectivity index (χ0) is 17.4. The average molecular weight is 391 g/mol. The first kappa shape index (κ1) is 17.2. The third kappa shape index (κ3) is 3.13. The number of H-pyrrole nitrogens is 1. The Bertz CT molecular complexity index is 918. The number of benzene rings is 1. The molecule has 1 aromatic carbocycles. The minimum Gasteiger partial charge on any atom is -0.349 e. The highest BCUT2D eigenvalue weighted by Gasteiger charge is 2.15. The van der Waals surface area contributed by atoms with Gasteiger partial charge in [-0.05, 0) is 45.9 Å². The van der Waals surface area contributed by atoms with Gasteiger partial charge in [-0.3, -0.25) is 14.3 Å². The number of aromatic amines is 1. The van der Waals surface area contributed by atoms with Crippen molar-refractivity contribution in [2.75, 3.05) is 6.54 Å². The number of hydrogen-bond acceptors (Lipinski definition) is 3. The van der Waals surface area contributed by atoms with Crippen molar-refractivity contribution in [2.24, 2.45) is 0 Å². The van der Waals surface area contributed by atoms with Crippen LogP contribution in [0.1, 0.15) is 27.7 Å². The number of aromatic nitrogens is 3. The molecule has 1 N–H and O–H groups in total. The number of nitrogens with zero attached hydrogens (tertiary/aromatic N) is 3. The molecule has 2 heterocycles. The summed E-state index contributed by atoms with van der Waals surface area (Å²) in [5.41, 5.74) is 2.23. The van der Waals surface area contributed by atoms with Crippen LogP contribution in [0, 0.1) is 0 Å². The second-order valence-corrected chi connectivity index (χ2v) is 7.62. The Morgan fingerprint density at radius 1 is 1.25 bits per heavy atom. The van der Waals surface area contributed by atoms with Crippen molar-refractivity contribution in [3.63, 3.8) is 0 Å². The predicted octanol–water partition coefficient (Wildman–Crippen LogP) is 3.76. The molecule has 5 nitrogen and oxygen atoms in total. The summed E-state index contributed by atoms with van der Waals surface area (Å²) in [5.74, 6) is 0. The Kier molecular flexibility index (Phi) is 4.78. The molecule has 6 heteroatoms. The minimum atomic E-state index is -0.0141. The van der Waals surface area contributed by atoms with Gasteiger partial charge in [0.1, 0.15) is 11.0 Å². The highest BCUT2D eigenvalue weighted by Crippen LogP contribution is 2.24. The van der Waals surface area contributed by atoms with Crippen LogP contribution in [-0.4, -0.2) is 38.1 Å². The first-order chi connectivity index (χ1) is 11.4. The summed E-state index contributed by atoms with van der Waals surface area (Å²) < 4.78 is 2.68. The quantitative estimate of drug-likeness (QED) is 0.721. The lowest BCUT2D eigenvalue weighted by Crippen LogP contribution is -2.40. The van der Waals surface area contributed by atoms with E-state index in [0.717, 1.165) is 27.4 Å². The third-order valence-electron chi connectivity index (χ3n) is 4.46. The molecule has 0 aliphatic carbocycles. The van der Waals surface area contributed by atoms with Gasteiger partial charge in [0, 0.05) is 40.5 Å². The lowest BCUT2D eigenvalue weighted by Gasteiger charge is -2.30. The van der Waals surface area contributed by atoms with Crippen molar-refractivity contribution in [1.29, 1.82) is 0 Å². The van der Waals surface area contributed by atoms with Gasteiger partial charge in [0.2, 0.25) is 0 Å². The van der Waals surface area contributed by atoms with E-state index in [1.54, 1.807) is 10.9 Å². The van der Waals surface area contributed by atoms with Gasteiger partial charge in [0.15, 0.2) is 0 Å². The van der Waals surface area contributed by atoms with Gasteiger partial charge >= 0.3 is 0 Å². The van der Waals surface area contributed by atoms with Crippen LogP contribution < -0.4 is 5.56 Å². The topological polar surface area (TPSA) is 53.9 Å². The minimum absolute atomic E-state index is 0.0141. The molecule has 0 saturated heterocycles. The van der Waals surface area contributed by atoms with Crippen LogP contribution in [0.4, 0.5) is 0 Å². The number of fused-ring (bicyclic) bond motifs is 3. The van der Waals surface area contributed by atoms with Crippen LogP contribution >= 0.6 is 15.9 Å². The molecule has 3 aromatic rings. The van der Waals surface area contributed by atoms with Gasteiger partial charge in [0.05, 0.1) is 6.33 Å². The first-order valence-corrected chi connectivity index (χ1v) is 9.10. The lowest BCUT2D eigenvalue weighted by molar-refractivity contribution is 0.167. The van der Waals surface area contributed by atoms with Crippen LogP contribution in [0.25, 0.3) is 21.9 Å². The second-order valence-electron chi connectivity index (χ2n) is 6.71. The van der Waals surface area contributed by atoms with Crippen LogP contribution in [0.2, 0.25) is 0 Å². The molecule has 0 atom stereocenters. The molecule has 0 amide bonds. The van der Waals surface area contributed by atoms with Crippen molar-refractivity contribution in [3.8, 4) is 0 Å². The average Bonchev–Trinajstić information content (AvgIpc) is 2.87. The Labute approximate surface area is 149 Å². The van der Waals surface area contributed by atoms with Crippen LogP contribution in [0.3, 0.4) is 0 Å². The summed E-state index contributed by atoms with van der Waals surface area (Å²) in [7, 11) is 0. The van der Waals surface area contributed by atoms with Gasteiger partial charge in [-0.1, -0.05) is 15.9 Å². The Hall–Kier alpha value is -1.66. The van der Waals surface area contributed by atoms with E-state index in [0.29, 0.717) is 24.1 Å². The summed E-state index contributed by atoms with van der Waals surface area (Å²) in [5, 5.41) is 0.967. The van der Waals surface area contributed by atoms with E-state index >= 15 is 0 Å². The van der Waals surface area contributed by atoms with Crippen molar-refractivity contribution < 1.29 is 0 Å². The SMILES string of the molecule is CC(C)N(CCn1cnc2c([nH]c3ccc(Br)cc32)c1=O)C(C)C. The van der Waals surface area contributed by atoms with E-state index in [2.05, 4.69) is 58.5 Å². The normalized spacial score (nSPS) is 12.3. The molecule has 0 bridgehead atoms. The molecule has 0 aliphatic rings. The molecule has 3 rings (SSSR count). The van der Waals surface area contributed by atoms with Crippen molar-refractivity contribution in [2.45, 2.75) is 46.3 Å². The van der Waals surface area contributed by atoms with Crippen LogP contribution in [0.15, 0.2) is 33.8 Å². The smallest absolute Gasteiger partial charge is 0.277 e. The van der Waals surface area contributed by atoms with Gasteiger partial charge < -0.3 is 4.98 Å². The van der Waals surface area contributed by atoms with Gasteiger partial charge in [0.25, 0.3) is 5.56 Å². The highest BCUT2D eigenvalue weighted by atomic mass is 79.9. The van der Waals surface area contributed by atoms with E-state index in [9.17, 15) is 4.79 Å². The van der Waals surface area contributed by atoms with E-state index in [-0.39, 0.29) is 5.56 Å². The number of rotatable bonds is 5. The summed E-state index contributed by atoms with van der Waals surface area (Å²) in [6.45, 7) is 10.2. The Balaban J connectivity index is 1.97. The molecule has 2 aromatic heterocycles. The van der Waals surface area contributed by atoms with Crippen molar-refractivity contribution in [3.05, 3.63) is 39.4 Å². The zero-order valence-corrected chi connectivity index (χ0v) is 16.1.